The summed E-state index contributed by atoms with van der Waals surface area (Å²) in [5.41, 5.74) is 0.258. The van der Waals surface area contributed by atoms with E-state index in [0.29, 0.717) is 6.42 Å². The zero-order valence-electron chi connectivity index (χ0n) is 11.7. The van der Waals surface area contributed by atoms with Gasteiger partial charge in [-0.05, 0) is 25.5 Å². The van der Waals surface area contributed by atoms with Crippen LogP contribution in [0.5, 0.6) is 0 Å². The highest BCUT2D eigenvalue weighted by Gasteiger charge is 2.46. The third-order valence-corrected chi connectivity index (χ3v) is 3.23. The molecule has 4 heteroatoms. The number of hydrogen-bond acceptors (Lipinski definition) is 4. The van der Waals surface area contributed by atoms with Gasteiger partial charge in [0.2, 0.25) is 0 Å². The Hall–Kier alpha value is -2.10. The number of ether oxygens (including phenoxy) is 2. The summed E-state index contributed by atoms with van der Waals surface area (Å²) in [5.74, 6) is -1.83. The number of hydrogen-bond donors (Lipinski definition) is 0. The average molecular weight is 274 g/mol. The van der Waals surface area contributed by atoms with Crippen molar-refractivity contribution in [3.05, 3.63) is 42.0 Å². The topological polar surface area (TPSA) is 52.6 Å². The van der Waals surface area contributed by atoms with Crippen molar-refractivity contribution in [1.82, 2.24) is 0 Å². The fourth-order valence-electron chi connectivity index (χ4n) is 2.19. The van der Waals surface area contributed by atoms with E-state index in [1.165, 1.54) is 0 Å². The molecule has 2 rings (SSSR count). The molecule has 4 nitrogen and oxygen atoms in total. The maximum atomic E-state index is 11.8. The van der Waals surface area contributed by atoms with Gasteiger partial charge in [0.25, 0.3) is 0 Å². The molecule has 0 amide bonds. The van der Waals surface area contributed by atoms with Crippen molar-refractivity contribution in [3.63, 3.8) is 0 Å². The highest BCUT2D eigenvalue weighted by atomic mass is 16.6. The second-order valence-electron chi connectivity index (χ2n) is 4.99. The molecule has 1 aliphatic rings. The number of esters is 2. The molecule has 0 radical (unpaired) electrons. The summed E-state index contributed by atoms with van der Waals surface area (Å²) in [6, 6.07) is 9.72. The second kappa shape index (κ2) is 5.90. The van der Waals surface area contributed by atoms with Gasteiger partial charge in [0.05, 0.1) is 6.61 Å². The Labute approximate surface area is 118 Å². The Kier molecular flexibility index (Phi) is 4.23. The lowest BCUT2D eigenvalue weighted by Crippen LogP contribution is -2.22. The molecule has 2 atom stereocenters. The smallest absolute Gasteiger partial charge is 0.321 e. The lowest BCUT2D eigenvalue weighted by atomic mass is 9.94. The summed E-state index contributed by atoms with van der Waals surface area (Å²) in [6.07, 6.45) is 4.02. The van der Waals surface area contributed by atoms with Gasteiger partial charge in [-0.25, -0.2) is 0 Å². The van der Waals surface area contributed by atoms with Gasteiger partial charge in [-0.3, -0.25) is 9.59 Å². The third kappa shape index (κ3) is 3.26. The maximum absolute atomic E-state index is 11.8. The van der Waals surface area contributed by atoms with Crippen molar-refractivity contribution in [2.24, 2.45) is 5.92 Å². The lowest BCUT2D eigenvalue weighted by molar-refractivity contribution is -0.157. The molecule has 0 N–H and O–H groups in total. The maximum Gasteiger partial charge on any atom is 0.321 e. The molecule has 0 aromatic heterocycles. The normalized spacial score (nSPS) is 25.7. The predicted molar refractivity (Wildman–Crippen MR) is 74.7 cm³/mol. The molecule has 1 aromatic carbocycles. The molecule has 2 unspecified atom stereocenters. The largest absolute Gasteiger partial charge is 0.465 e. The second-order valence-corrected chi connectivity index (χ2v) is 4.99. The van der Waals surface area contributed by atoms with Gasteiger partial charge in [-0.1, -0.05) is 36.4 Å². The van der Waals surface area contributed by atoms with Gasteiger partial charge < -0.3 is 9.47 Å². The van der Waals surface area contributed by atoms with E-state index in [0.717, 1.165) is 5.56 Å². The van der Waals surface area contributed by atoms with Crippen LogP contribution >= 0.6 is 0 Å². The molecular formula is C16H18O4. The Balaban J connectivity index is 2.07. The SMILES string of the molecule is CCOC(=O)C1CC(C)(/C=C/c2ccccc2)OC1=O. The van der Waals surface area contributed by atoms with Crippen LogP contribution in [0, 0.1) is 5.92 Å². The summed E-state index contributed by atoms with van der Waals surface area (Å²) in [7, 11) is 0. The Morgan fingerprint density at radius 1 is 1.45 bits per heavy atom. The number of carbonyl (C=O) groups is 2. The van der Waals surface area contributed by atoms with Crippen LogP contribution in [0.4, 0.5) is 0 Å². The number of cyclic esters (lactones) is 1. The van der Waals surface area contributed by atoms with Crippen LogP contribution in [0.1, 0.15) is 25.8 Å². The minimum Gasteiger partial charge on any atom is -0.465 e. The molecule has 20 heavy (non-hydrogen) atoms. The van der Waals surface area contributed by atoms with Crippen molar-refractivity contribution in [3.8, 4) is 0 Å². The molecule has 0 saturated carbocycles. The predicted octanol–water partition coefficient (Wildman–Crippen LogP) is 2.58. The van der Waals surface area contributed by atoms with E-state index in [4.69, 9.17) is 9.47 Å². The van der Waals surface area contributed by atoms with Crippen LogP contribution in [0.3, 0.4) is 0 Å². The monoisotopic (exact) mass is 274 g/mol. The fourth-order valence-corrected chi connectivity index (χ4v) is 2.19. The molecular weight excluding hydrogens is 256 g/mol. The first-order chi connectivity index (χ1) is 9.54. The molecule has 1 aliphatic heterocycles. The molecule has 1 aromatic rings. The Morgan fingerprint density at radius 3 is 2.80 bits per heavy atom. The van der Waals surface area contributed by atoms with Crippen LogP contribution in [-0.4, -0.2) is 24.1 Å². The molecule has 0 aliphatic carbocycles. The lowest BCUT2D eigenvalue weighted by Gasteiger charge is -2.17. The van der Waals surface area contributed by atoms with Crippen LogP contribution in [0.15, 0.2) is 36.4 Å². The van der Waals surface area contributed by atoms with Gasteiger partial charge in [0, 0.05) is 6.42 Å². The van der Waals surface area contributed by atoms with Gasteiger partial charge >= 0.3 is 11.9 Å². The minimum atomic E-state index is -0.819. The zero-order valence-corrected chi connectivity index (χ0v) is 11.7. The Bertz CT molecular complexity index is 521. The highest BCUT2D eigenvalue weighted by Crippen LogP contribution is 2.33. The van der Waals surface area contributed by atoms with Crippen molar-refractivity contribution in [2.75, 3.05) is 6.61 Å². The first kappa shape index (κ1) is 14.3. The molecule has 0 bridgehead atoms. The first-order valence-corrected chi connectivity index (χ1v) is 6.68. The van der Waals surface area contributed by atoms with E-state index in [-0.39, 0.29) is 6.61 Å². The molecule has 1 heterocycles. The summed E-state index contributed by atoms with van der Waals surface area (Å²) >= 11 is 0. The third-order valence-electron chi connectivity index (χ3n) is 3.23. The van der Waals surface area contributed by atoms with Gasteiger partial charge in [0.1, 0.15) is 5.60 Å². The zero-order chi connectivity index (χ0) is 14.6. The van der Waals surface area contributed by atoms with Crippen LogP contribution in [0.2, 0.25) is 0 Å². The van der Waals surface area contributed by atoms with Gasteiger partial charge in [-0.15, -0.1) is 0 Å². The van der Waals surface area contributed by atoms with E-state index < -0.39 is 23.5 Å². The first-order valence-electron chi connectivity index (χ1n) is 6.68. The summed E-state index contributed by atoms with van der Waals surface area (Å²) < 4.78 is 10.2. The van der Waals surface area contributed by atoms with E-state index in [2.05, 4.69) is 0 Å². The fraction of sp³-hybridized carbons (Fsp3) is 0.375. The molecule has 1 saturated heterocycles. The minimum absolute atomic E-state index is 0.263. The quantitative estimate of drug-likeness (QED) is 0.625. The number of benzene rings is 1. The number of rotatable bonds is 4. The molecule has 106 valence electrons. The van der Waals surface area contributed by atoms with Crippen LogP contribution in [-0.2, 0) is 19.1 Å². The van der Waals surface area contributed by atoms with E-state index in [1.54, 1.807) is 13.8 Å². The van der Waals surface area contributed by atoms with Crippen molar-refractivity contribution in [2.45, 2.75) is 25.9 Å². The van der Waals surface area contributed by atoms with Gasteiger partial charge in [0.15, 0.2) is 5.92 Å². The highest BCUT2D eigenvalue weighted by molar-refractivity contribution is 5.96. The van der Waals surface area contributed by atoms with E-state index in [9.17, 15) is 9.59 Å². The van der Waals surface area contributed by atoms with E-state index >= 15 is 0 Å². The van der Waals surface area contributed by atoms with Crippen LogP contribution in [0.25, 0.3) is 6.08 Å². The van der Waals surface area contributed by atoms with Crippen molar-refractivity contribution < 1.29 is 19.1 Å². The average Bonchev–Trinajstić information content (AvgIpc) is 2.74. The van der Waals surface area contributed by atoms with Gasteiger partial charge in [-0.2, -0.15) is 0 Å². The Morgan fingerprint density at radius 2 is 2.15 bits per heavy atom. The standard InChI is InChI=1S/C16H18O4/c1-3-19-14(17)13-11-16(2,20-15(13)18)10-9-12-7-5-4-6-8-12/h4-10,13H,3,11H2,1-2H3/b10-9+. The number of carbonyl (C=O) groups excluding carboxylic acids is 2. The van der Waals surface area contributed by atoms with Crippen molar-refractivity contribution in [1.29, 1.82) is 0 Å². The van der Waals surface area contributed by atoms with E-state index in [1.807, 2.05) is 42.5 Å². The summed E-state index contributed by atoms with van der Waals surface area (Å²) in [5, 5.41) is 0. The summed E-state index contributed by atoms with van der Waals surface area (Å²) in [6.45, 7) is 3.77. The molecule has 0 spiro atoms. The molecule has 1 fully saturated rings. The van der Waals surface area contributed by atoms with Crippen LogP contribution < -0.4 is 0 Å². The van der Waals surface area contributed by atoms with Crippen molar-refractivity contribution >= 4 is 18.0 Å². The summed E-state index contributed by atoms with van der Waals surface area (Å²) in [4.78, 5) is 23.4.